The summed E-state index contributed by atoms with van der Waals surface area (Å²) in [5, 5.41) is 9.29. The second kappa shape index (κ2) is 8.46. The summed E-state index contributed by atoms with van der Waals surface area (Å²) in [7, 11) is 0. The van der Waals surface area contributed by atoms with Gasteiger partial charge in [-0.3, -0.25) is 0 Å². The van der Waals surface area contributed by atoms with Crippen molar-refractivity contribution in [2.24, 2.45) is 0 Å². The van der Waals surface area contributed by atoms with E-state index in [-0.39, 0.29) is 16.9 Å². The number of alkyl halides is 3. The molecule has 1 atom stereocenters. The summed E-state index contributed by atoms with van der Waals surface area (Å²) in [5.74, 6) is -2.18. The summed E-state index contributed by atoms with van der Waals surface area (Å²) in [5.41, 5.74) is 1.89. The molecular weight excluding hydrogens is 368 g/mol. The van der Waals surface area contributed by atoms with Crippen molar-refractivity contribution in [1.29, 1.82) is 0 Å². The first-order valence-electron chi connectivity index (χ1n) is 9.00. The molecule has 0 radical (unpaired) electrons. The quantitative estimate of drug-likeness (QED) is 0.498. The highest BCUT2D eigenvalue weighted by Crippen LogP contribution is 2.37. The van der Waals surface area contributed by atoms with Crippen LogP contribution in [0.2, 0.25) is 0 Å². The second-order valence-electron chi connectivity index (χ2n) is 6.80. The molecule has 1 nitrogen and oxygen atoms in total. The molecule has 28 heavy (non-hydrogen) atoms. The lowest BCUT2D eigenvalue weighted by atomic mass is 9.90. The zero-order chi connectivity index (χ0) is 20.1. The Morgan fingerprint density at radius 1 is 0.786 bits per heavy atom. The number of phenolic OH excluding ortho intramolecular Hbond substituents is 1. The van der Waals surface area contributed by atoms with Gasteiger partial charge in [0.25, 0.3) is 0 Å². The van der Waals surface area contributed by atoms with E-state index in [0.717, 1.165) is 11.1 Å². The van der Waals surface area contributed by atoms with Crippen molar-refractivity contribution in [2.45, 2.75) is 31.4 Å². The lowest BCUT2D eigenvalue weighted by Crippen LogP contribution is -2.23. The molecule has 0 aliphatic rings. The highest BCUT2D eigenvalue weighted by molar-refractivity contribution is 5.31. The molecule has 146 valence electrons. The molecule has 0 heterocycles. The smallest absolute Gasteiger partial charge is 0.396 e. The summed E-state index contributed by atoms with van der Waals surface area (Å²) in [4.78, 5) is 0. The van der Waals surface area contributed by atoms with E-state index in [0.29, 0.717) is 12.8 Å². The Hall–Kier alpha value is -2.82. The fourth-order valence-electron chi connectivity index (χ4n) is 3.19. The fraction of sp³-hybridized carbons (Fsp3) is 0.217. The molecule has 0 aliphatic heterocycles. The number of hydrogen-bond donors (Lipinski definition) is 1. The Balaban J connectivity index is 1.73. The third kappa shape index (κ3) is 5.12. The molecule has 3 rings (SSSR count). The van der Waals surface area contributed by atoms with E-state index in [2.05, 4.69) is 0 Å². The minimum absolute atomic E-state index is 0.0551. The highest BCUT2D eigenvalue weighted by Gasteiger charge is 2.40. The number of halogens is 4. The van der Waals surface area contributed by atoms with E-state index in [1.807, 2.05) is 0 Å². The molecule has 1 N–H and O–H groups in total. The van der Waals surface area contributed by atoms with E-state index in [4.69, 9.17) is 0 Å². The summed E-state index contributed by atoms with van der Waals surface area (Å²) >= 11 is 0. The number of hydrogen-bond acceptors (Lipinski definition) is 1. The van der Waals surface area contributed by atoms with Crippen LogP contribution >= 0.6 is 0 Å². The van der Waals surface area contributed by atoms with Gasteiger partial charge in [0.1, 0.15) is 11.6 Å². The van der Waals surface area contributed by atoms with Crippen molar-refractivity contribution >= 4 is 0 Å². The molecule has 0 bridgehead atoms. The maximum atomic E-state index is 14.5. The standard InChI is InChI=1S/C23H20F4O/c24-22-14-17(7-6-16-9-12-20(28)13-10-16)8-11-19(22)15-21(23(25,26)27)18-4-2-1-3-5-18/h1-5,8-14,21,28H,6-7,15H2/t21-/m1/s1. The van der Waals surface area contributed by atoms with Crippen LogP contribution in [0.25, 0.3) is 0 Å². The van der Waals surface area contributed by atoms with Crippen molar-refractivity contribution in [1.82, 2.24) is 0 Å². The number of rotatable bonds is 6. The van der Waals surface area contributed by atoms with E-state index >= 15 is 0 Å². The van der Waals surface area contributed by atoms with Crippen molar-refractivity contribution in [3.8, 4) is 5.75 Å². The van der Waals surface area contributed by atoms with Gasteiger partial charge in [0.05, 0.1) is 5.92 Å². The van der Waals surface area contributed by atoms with Crippen LogP contribution in [0.15, 0.2) is 72.8 Å². The van der Waals surface area contributed by atoms with E-state index < -0.39 is 24.3 Å². The summed E-state index contributed by atoms with van der Waals surface area (Å²) in [6.45, 7) is 0. The van der Waals surface area contributed by atoms with Gasteiger partial charge in [0.15, 0.2) is 0 Å². The van der Waals surface area contributed by atoms with Gasteiger partial charge in [-0.25, -0.2) is 4.39 Å². The van der Waals surface area contributed by atoms with Crippen LogP contribution in [-0.4, -0.2) is 11.3 Å². The van der Waals surface area contributed by atoms with Gasteiger partial charge in [-0.2, -0.15) is 13.2 Å². The Kier molecular flexibility index (Phi) is 6.02. The molecule has 0 fully saturated rings. The first-order chi connectivity index (χ1) is 13.3. The van der Waals surface area contributed by atoms with Gasteiger partial charge in [0.2, 0.25) is 0 Å². The topological polar surface area (TPSA) is 20.2 Å². The van der Waals surface area contributed by atoms with E-state index in [1.165, 1.54) is 24.3 Å². The van der Waals surface area contributed by atoms with Gasteiger partial charge in [-0.15, -0.1) is 0 Å². The van der Waals surface area contributed by atoms with Gasteiger partial charge in [-0.05, 0) is 59.7 Å². The SMILES string of the molecule is Oc1ccc(CCc2ccc(C[C@H](c3ccccc3)C(F)(F)F)c(F)c2)cc1. The second-order valence-corrected chi connectivity index (χ2v) is 6.80. The number of aromatic hydroxyl groups is 1. The number of phenols is 1. The first-order valence-corrected chi connectivity index (χ1v) is 9.00. The van der Waals surface area contributed by atoms with Crippen LogP contribution in [-0.2, 0) is 19.3 Å². The lowest BCUT2D eigenvalue weighted by molar-refractivity contribution is -0.150. The third-order valence-corrected chi connectivity index (χ3v) is 4.78. The predicted molar refractivity (Wildman–Crippen MR) is 101 cm³/mol. The van der Waals surface area contributed by atoms with Gasteiger partial charge in [0, 0.05) is 0 Å². The monoisotopic (exact) mass is 388 g/mol. The summed E-state index contributed by atoms with van der Waals surface area (Å²) < 4.78 is 55.0. The predicted octanol–water partition coefficient (Wildman–Crippen LogP) is 6.21. The van der Waals surface area contributed by atoms with Crippen molar-refractivity contribution in [3.05, 3.63) is 101 Å². The lowest BCUT2D eigenvalue weighted by Gasteiger charge is -2.21. The largest absolute Gasteiger partial charge is 0.508 e. The van der Waals surface area contributed by atoms with Gasteiger partial charge >= 0.3 is 6.18 Å². The fourth-order valence-corrected chi connectivity index (χ4v) is 3.19. The van der Waals surface area contributed by atoms with Crippen LogP contribution in [0.4, 0.5) is 17.6 Å². The van der Waals surface area contributed by atoms with Crippen LogP contribution in [0.5, 0.6) is 5.75 Å². The van der Waals surface area contributed by atoms with E-state index in [1.54, 1.807) is 48.5 Å². The average molecular weight is 388 g/mol. The zero-order valence-electron chi connectivity index (χ0n) is 15.1. The molecule has 5 heteroatoms. The molecule has 0 unspecified atom stereocenters. The molecular formula is C23H20F4O. The van der Waals surface area contributed by atoms with Crippen LogP contribution in [0.1, 0.15) is 28.2 Å². The van der Waals surface area contributed by atoms with Crippen LogP contribution in [0, 0.1) is 5.82 Å². The number of benzene rings is 3. The number of aryl methyl sites for hydroxylation is 2. The molecule has 3 aromatic carbocycles. The maximum Gasteiger partial charge on any atom is 0.396 e. The normalized spacial score (nSPS) is 12.7. The molecule has 0 aromatic heterocycles. The van der Waals surface area contributed by atoms with E-state index in [9.17, 15) is 22.7 Å². The molecule has 0 saturated carbocycles. The third-order valence-electron chi connectivity index (χ3n) is 4.78. The molecule has 0 aliphatic carbocycles. The first kappa shape index (κ1) is 19.9. The Morgan fingerprint density at radius 2 is 1.39 bits per heavy atom. The minimum atomic E-state index is -4.45. The molecule has 0 spiro atoms. The zero-order valence-corrected chi connectivity index (χ0v) is 15.1. The maximum absolute atomic E-state index is 14.5. The Bertz CT molecular complexity index is 902. The Morgan fingerprint density at radius 3 is 2.00 bits per heavy atom. The summed E-state index contributed by atoms with van der Waals surface area (Å²) in [6, 6.07) is 18.8. The van der Waals surface area contributed by atoms with Crippen molar-refractivity contribution < 1.29 is 22.7 Å². The molecule has 0 amide bonds. The molecule has 0 saturated heterocycles. The van der Waals surface area contributed by atoms with Gasteiger partial charge in [-0.1, -0.05) is 54.6 Å². The highest BCUT2D eigenvalue weighted by atomic mass is 19.4. The molecule has 3 aromatic rings. The minimum Gasteiger partial charge on any atom is -0.508 e. The van der Waals surface area contributed by atoms with Crippen LogP contribution in [0.3, 0.4) is 0 Å². The van der Waals surface area contributed by atoms with Crippen LogP contribution < -0.4 is 0 Å². The van der Waals surface area contributed by atoms with Gasteiger partial charge < -0.3 is 5.11 Å². The van der Waals surface area contributed by atoms with Crippen molar-refractivity contribution in [3.63, 3.8) is 0 Å². The Labute approximate surface area is 161 Å². The average Bonchev–Trinajstić information content (AvgIpc) is 2.66. The van der Waals surface area contributed by atoms with Crippen molar-refractivity contribution in [2.75, 3.05) is 0 Å². The summed E-state index contributed by atoms with van der Waals surface area (Å²) in [6.07, 6.45) is -3.68.